The molecule has 0 saturated carbocycles. The lowest BCUT2D eigenvalue weighted by Crippen LogP contribution is -2.27. The average Bonchev–Trinajstić information content (AvgIpc) is 2.22. The van der Waals surface area contributed by atoms with Gasteiger partial charge in [-0.3, -0.25) is 4.79 Å². The third-order valence-electron chi connectivity index (χ3n) is 2.10. The van der Waals surface area contributed by atoms with Gasteiger partial charge < -0.3 is 10.4 Å². The fourth-order valence-electron chi connectivity index (χ4n) is 1.19. The van der Waals surface area contributed by atoms with Crippen molar-refractivity contribution in [2.75, 3.05) is 6.54 Å². The molecule has 0 bridgehead atoms. The zero-order valence-corrected chi connectivity index (χ0v) is 9.89. The fraction of sp³-hybridized carbons (Fsp3) is 0.364. The van der Waals surface area contributed by atoms with Crippen LogP contribution in [0.3, 0.4) is 0 Å². The maximum Gasteiger partial charge on any atom is 0.254 e. The lowest BCUT2D eigenvalue weighted by Gasteiger charge is -2.08. The first-order valence-corrected chi connectivity index (χ1v) is 5.40. The molecule has 1 aromatic rings. The Hall–Kier alpha value is -1.20. The molecule has 0 spiro atoms. The summed E-state index contributed by atoms with van der Waals surface area (Å²) in [6, 6.07) is 1.50. The second-order valence-corrected chi connectivity index (χ2v) is 4.05. The van der Waals surface area contributed by atoms with Crippen molar-refractivity contribution in [1.82, 2.24) is 5.32 Å². The summed E-state index contributed by atoms with van der Waals surface area (Å²) >= 11 is 5.36. The highest BCUT2D eigenvalue weighted by Crippen LogP contribution is 2.19. The number of hydrogen-bond donors (Lipinski definition) is 2. The van der Waals surface area contributed by atoms with Gasteiger partial charge in [-0.2, -0.15) is 0 Å². The number of amides is 1. The second kappa shape index (κ2) is 5.93. The standard InChI is InChI=1S/C11H12ClF2NO2/c1-6(16)2-3-15-11(17)7-4-10(14)8(12)5-9(7)13/h4-6,16H,2-3H2,1H3,(H,15,17). The van der Waals surface area contributed by atoms with Gasteiger partial charge in [-0.15, -0.1) is 0 Å². The molecule has 17 heavy (non-hydrogen) atoms. The van der Waals surface area contributed by atoms with Crippen molar-refractivity contribution in [3.8, 4) is 0 Å². The number of hydrogen-bond acceptors (Lipinski definition) is 2. The number of rotatable bonds is 4. The van der Waals surface area contributed by atoms with E-state index in [1.54, 1.807) is 6.92 Å². The highest BCUT2D eigenvalue weighted by Gasteiger charge is 2.15. The summed E-state index contributed by atoms with van der Waals surface area (Å²) in [6.07, 6.45) is -0.231. The maximum absolute atomic E-state index is 13.3. The molecule has 6 heteroatoms. The minimum Gasteiger partial charge on any atom is -0.393 e. The first-order chi connectivity index (χ1) is 7.91. The van der Waals surface area contributed by atoms with E-state index < -0.39 is 29.2 Å². The summed E-state index contributed by atoms with van der Waals surface area (Å²) in [5.41, 5.74) is -0.405. The minimum absolute atomic E-state index is 0.181. The monoisotopic (exact) mass is 263 g/mol. The summed E-state index contributed by atoms with van der Waals surface area (Å²) in [4.78, 5) is 11.5. The van der Waals surface area contributed by atoms with Crippen LogP contribution < -0.4 is 5.32 Å². The molecule has 0 radical (unpaired) electrons. The third-order valence-corrected chi connectivity index (χ3v) is 2.39. The molecule has 1 rings (SSSR count). The van der Waals surface area contributed by atoms with E-state index in [2.05, 4.69) is 5.32 Å². The van der Waals surface area contributed by atoms with Gasteiger partial charge in [-0.05, 0) is 25.5 Å². The number of carbonyl (C=O) groups excluding carboxylic acids is 1. The van der Waals surface area contributed by atoms with Crippen molar-refractivity contribution >= 4 is 17.5 Å². The van der Waals surface area contributed by atoms with Gasteiger partial charge in [0, 0.05) is 6.54 Å². The molecule has 1 unspecified atom stereocenters. The van der Waals surface area contributed by atoms with Crippen LogP contribution in [0.2, 0.25) is 5.02 Å². The van der Waals surface area contributed by atoms with Crippen molar-refractivity contribution in [3.63, 3.8) is 0 Å². The van der Waals surface area contributed by atoms with E-state index in [-0.39, 0.29) is 11.6 Å². The first kappa shape index (κ1) is 13.9. The van der Waals surface area contributed by atoms with E-state index in [0.29, 0.717) is 6.42 Å². The molecule has 2 N–H and O–H groups in total. The summed E-state index contributed by atoms with van der Waals surface area (Å²) in [6.45, 7) is 1.74. The van der Waals surface area contributed by atoms with Crippen molar-refractivity contribution in [1.29, 1.82) is 0 Å². The van der Waals surface area contributed by atoms with Crippen LogP contribution in [-0.4, -0.2) is 23.7 Å². The molecule has 1 amide bonds. The van der Waals surface area contributed by atoms with Gasteiger partial charge in [-0.1, -0.05) is 11.6 Å². The predicted molar refractivity (Wildman–Crippen MR) is 60.0 cm³/mol. The molecular weight excluding hydrogens is 252 g/mol. The van der Waals surface area contributed by atoms with Gasteiger partial charge in [0.05, 0.1) is 16.7 Å². The quantitative estimate of drug-likeness (QED) is 0.818. The van der Waals surface area contributed by atoms with Crippen LogP contribution >= 0.6 is 11.6 Å². The molecule has 0 saturated heterocycles. The van der Waals surface area contributed by atoms with E-state index in [1.807, 2.05) is 0 Å². The van der Waals surface area contributed by atoms with Gasteiger partial charge in [-0.25, -0.2) is 8.78 Å². The molecule has 0 aliphatic heterocycles. The zero-order valence-electron chi connectivity index (χ0n) is 9.14. The Balaban J connectivity index is 2.72. The van der Waals surface area contributed by atoms with Gasteiger partial charge >= 0.3 is 0 Å². The molecule has 0 heterocycles. The topological polar surface area (TPSA) is 49.3 Å². The summed E-state index contributed by atoms with van der Waals surface area (Å²) in [7, 11) is 0. The molecule has 3 nitrogen and oxygen atoms in total. The third kappa shape index (κ3) is 3.94. The molecule has 0 aliphatic rings. The van der Waals surface area contributed by atoms with Crippen molar-refractivity contribution in [2.24, 2.45) is 0 Å². The molecule has 0 aromatic heterocycles. The average molecular weight is 264 g/mol. The molecule has 0 aliphatic carbocycles. The van der Waals surface area contributed by atoms with Gasteiger partial charge in [0.15, 0.2) is 0 Å². The van der Waals surface area contributed by atoms with Crippen LogP contribution in [0.5, 0.6) is 0 Å². The smallest absolute Gasteiger partial charge is 0.254 e. The number of halogens is 3. The Morgan fingerprint density at radius 1 is 1.47 bits per heavy atom. The van der Waals surface area contributed by atoms with Gasteiger partial charge in [0.25, 0.3) is 5.91 Å². The first-order valence-electron chi connectivity index (χ1n) is 5.02. The molecule has 94 valence electrons. The molecule has 1 aromatic carbocycles. The van der Waals surface area contributed by atoms with Crippen LogP contribution in [0, 0.1) is 11.6 Å². The van der Waals surface area contributed by atoms with E-state index >= 15 is 0 Å². The zero-order chi connectivity index (χ0) is 13.0. The number of aliphatic hydroxyl groups excluding tert-OH is 1. The van der Waals surface area contributed by atoms with Crippen molar-refractivity contribution in [3.05, 3.63) is 34.4 Å². The number of aliphatic hydroxyl groups is 1. The fourth-order valence-corrected chi connectivity index (χ4v) is 1.34. The van der Waals surface area contributed by atoms with E-state index in [9.17, 15) is 13.6 Å². The highest BCUT2D eigenvalue weighted by atomic mass is 35.5. The highest BCUT2D eigenvalue weighted by molar-refractivity contribution is 6.30. The Kier molecular flexibility index (Phi) is 4.84. The van der Waals surface area contributed by atoms with E-state index in [1.165, 1.54) is 0 Å². The molecular formula is C11H12ClF2NO2. The normalized spacial score (nSPS) is 12.3. The van der Waals surface area contributed by atoms with Gasteiger partial charge in [0.1, 0.15) is 11.6 Å². The van der Waals surface area contributed by atoms with Crippen LogP contribution in [0.1, 0.15) is 23.7 Å². The number of carbonyl (C=O) groups is 1. The van der Waals surface area contributed by atoms with Crippen LogP contribution in [-0.2, 0) is 0 Å². The van der Waals surface area contributed by atoms with E-state index in [4.69, 9.17) is 16.7 Å². The van der Waals surface area contributed by atoms with Crippen molar-refractivity contribution < 1.29 is 18.7 Å². The summed E-state index contributed by atoms with van der Waals surface area (Å²) < 4.78 is 26.4. The molecule has 0 fully saturated rings. The predicted octanol–water partition coefficient (Wildman–Crippen LogP) is 2.12. The summed E-state index contributed by atoms with van der Waals surface area (Å²) in [5, 5.41) is 11.0. The number of nitrogens with one attached hydrogen (secondary N) is 1. The van der Waals surface area contributed by atoms with Gasteiger partial charge in [0.2, 0.25) is 0 Å². The second-order valence-electron chi connectivity index (χ2n) is 3.64. The summed E-state index contributed by atoms with van der Waals surface area (Å²) in [5.74, 6) is -2.47. The largest absolute Gasteiger partial charge is 0.393 e. The Morgan fingerprint density at radius 3 is 2.71 bits per heavy atom. The van der Waals surface area contributed by atoms with Crippen LogP contribution in [0.4, 0.5) is 8.78 Å². The molecule has 1 atom stereocenters. The lowest BCUT2D eigenvalue weighted by atomic mass is 10.2. The lowest BCUT2D eigenvalue weighted by molar-refractivity contribution is 0.0941. The van der Waals surface area contributed by atoms with Crippen molar-refractivity contribution in [2.45, 2.75) is 19.4 Å². The SMILES string of the molecule is CC(O)CCNC(=O)c1cc(F)c(Cl)cc1F. The number of benzene rings is 1. The Bertz CT molecular complexity index is 424. The maximum atomic E-state index is 13.3. The van der Waals surface area contributed by atoms with Crippen LogP contribution in [0.15, 0.2) is 12.1 Å². The Morgan fingerprint density at radius 2 is 2.12 bits per heavy atom. The van der Waals surface area contributed by atoms with Crippen LogP contribution in [0.25, 0.3) is 0 Å². The Labute approximate surface area is 102 Å². The van der Waals surface area contributed by atoms with E-state index in [0.717, 1.165) is 12.1 Å². The minimum atomic E-state index is -0.883.